The fourth-order valence-corrected chi connectivity index (χ4v) is 0.817. The lowest BCUT2D eigenvalue weighted by Crippen LogP contribution is -1.73. The Morgan fingerprint density at radius 2 is 2.00 bits per heavy atom. The van der Waals surface area contributed by atoms with Crippen molar-refractivity contribution >= 4 is 6.29 Å². The SMILES string of the molecule is O=CCCC#Cc1ccccc1. The van der Waals surface area contributed by atoms with Gasteiger partial charge >= 0.3 is 0 Å². The molecule has 60 valence electrons. The second-order valence-electron chi connectivity index (χ2n) is 2.37. The third-order valence-corrected chi connectivity index (χ3v) is 1.39. The summed E-state index contributed by atoms with van der Waals surface area (Å²) in [5.41, 5.74) is 1.00. The van der Waals surface area contributed by atoms with Crippen molar-refractivity contribution in [1.29, 1.82) is 0 Å². The van der Waals surface area contributed by atoms with Crippen molar-refractivity contribution in [2.45, 2.75) is 12.8 Å². The van der Waals surface area contributed by atoms with Crippen molar-refractivity contribution in [3.05, 3.63) is 35.9 Å². The van der Waals surface area contributed by atoms with E-state index in [1.165, 1.54) is 0 Å². The molecule has 0 aliphatic heterocycles. The van der Waals surface area contributed by atoms with Crippen LogP contribution in [-0.4, -0.2) is 6.29 Å². The van der Waals surface area contributed by atoms with Gasteiger partial charge in [0.05, 0.1) is 0 Å². The minimum atomic E-state index is 0.528. The fraction of sp³-hybridized carbons (Fsp3) is 0.182. The zero-order chi connectivity index (χ0) is 8.65. The number of hydrogen-bond acceptors (Lipinski definition) is 1. The number of carbonyl (C=O) groups excluding carboxylic acids is 1. The third kappa shape index (κ3) is 3.03. The number of carbonyl (C=O) groups is 1. The van der Waals surface area contributed by atoms with Gasteiger partial charge in [0.15, 0.2) is 0 Å². The zero-order valence-electron chi connectivity index (χ0n) is 6.79. The van der Waals surface area contributed by atoms with Crippen LogP contribution >= 0.6 is 0 Å². The number of aldehydes is 1. The Morgan fingerprint density at radius 3 is 2.67 bits per heavy atom. The predicted octanol–water partition coefficient (Wildman–Crippen LogP) is 2.02. The fourth-order valence-electron chi connectivity index (χ4n) is 0.817. The molecule has 0 aliphatic rings. The van der Waals surface area contributed by atoms with E-state index in [-0.39, 0.29) is 0 Å². The van der Waals surface area contributed by atoms with Gasteiger partial charge in [-0.1, -0.05) is 30.0 Å². The molecule has 0 amide bonds. The van der Waals surface area contributed by atoms with Gasteiger partial charge in [-0.05, 0) is 12.1 Å². The molecule has 1 aromatic carbocycles. The van der Waals surface area contributed by atoms with E-state index < -0.39 is 0 Å². The summed E-state index contributed by atoms with van der Waals surface area (Å²) in [6, 6.07) is 9.76. The maximum absolute atomic E-state index is 9.95. The molecule has 1 heteroatoms. The summed E-state index contributed by atoms with van der Waals surface area (Å²) in [6.45, 7) is 0. The maximum Gasteiger partial charge on any atom is 0.120 e. The smallest absolute Gasteiger partial charge is 0.120 e. The van der Waals surface area contributed by atoms with Crippen molar-refractivity contribution in [2.75, 3.05) is 0 Å². The van der Waals surface area contributed by atoms with E-state index in [1.807, 2.05) is 30.3 Å². The van der Waals surface area contributed by atoms with Gasteiger partial charge in [-0.3, -0.25) is 0 Å². The Hall–Kier alpha value is -1.55. The molecule has 0 atom stereocenters. The molecule has 0 saturated heterocycles. The van der Waals surface area contributed by atoms with Crippen LogP contribution in [0.4, 0.5) is 0 Å². The molecular weight excluding hydrogens is 148 g/mol. The molecule has 1 nitrogen and oxygen atoms in total. The molecule has 12 heavy (non-hydrogen) atoms. The second-order valence-corrected chi connectivity index (χ2v) is 2.37. The van der Waals surface area contributed by atoms with E-state index in [1.54, 1.807) is 0 Å². The normalized spacial score (nSPS) is 8.33. The highest BCUT2D eigenvalue weighted by molar-refractivity contribution is 5.50. The van der Waals surface area contributed by atoms with Crippen molar-refractivity contribution in [3.63, 3.8) is 0 Å². The first-order valence-electron chi connectivity index (χ1n) is 3.91. The highest BCUT2D eigenvalue weighted by atomic mass is 16.1. The quantitative estimate of drug-likeness (QED) is 0.365. The molecule has 0 radical (unpaired) electrons. The van der Waals surface area contributed by atoms with Gasteiger partial charge in [0.25, 0.3) is 0 Å². The molecule has 0 saturated carbocycles. The van der Waals surface area contributed by atoms with Crippen LogP contribution in [0.15, 0.2) is 30.3 Å². The van der Waals surface area contributed by atoms with Gasteiger partial charge in [0.2, 0.25) is 0 Å². The Labute approximate surface area is 72.4 Å². The largest absolute Gasteiger partial charge is 0.303 e. The molecule has 0 aliphatic carbocycles. The predicted molar refractivity (Wildman–Crippen MR) is 48.6 cm³/mol. The summed E-state index contributed by atoms with van der Waals surface area (Å²) in [6.07, 6.45) is 2.07. The Morgan fingerprint density at radius 1 is 1.25 bits per heavy atom. The summed E-state index contributed by atoms with van der Waals surface area (Å²) >= 11 is 0. The molecule has 0 N–H and O–H groups in total. The first-order valence-corrected chi connectivity index (χ1v) is 3.91. The summed E-state index contributed by atoms with van der Waals surface area (Å²) in [4.78, 5) is 9.95. The maximum atomic E-state index is 9.95. The Balaban J connectivity index is 2.49. The Bertz CT molecular complexity index is 290. The van der Waals surface area contributed by atoms with Gasteiger partial charge in [-0.2, -0.15) is 0 Å². The van der Waals surface area contributed by atoms with Crippen molar-refractivity contribution in [3.8, 4) is 11.8 Å². The molecule has 0 heterocycles. The van der Waals surface area contributed by atoms with E-state index in [4.69, 9.17) is 0 Å². The monoisotopic (exact) mass is 158 g/mol. The second kappa shape index (κ2) is 5.15. The number of unbranched alkanes of at least 4 members (excludes halogenated alkanes) is 1. The van der Waals surface area contributed by atoms with Crippen LogP contribution in [0.5, 0.6) is 0 Å². The third-order valence-electron chi connectivity index (χ3n) is 1.39. The minimum absolute atomic E-state index is 0.528. The molecule has 0 bridgehead atoms. The lowest BCUT2D eigenvalue weighted by molar-refractivity contribution is -0.107. The lowest BCUT2D eigenvalue weighted by Gasteiger charge is -1.85. The summed E-state index contributed by atoms with van der Waals surface area (Å²) in [5.74, 6) is 5.89. The van der Waals surface area contributed by atoms with Crippen LogP contribution in [0.3, 0.4) is 0 Å². The Kier molecular flexibility index (Phi) is 3.67. The summed E-state index contributed by atoms with van der Waals surface area (Å²) < 4.78 is 0. The minimum Gasteiger partial charge on any atom is -0.303 e. The zero-order valence-corrected chi connectivity index (χ0v) is 6.79. The number of benzene rings is 1. The van der Waals surface area contributed by atoms with Gasteiger partial charge < -0.3 is 4.79 Å². The van der Waals surface area contributed by atoms with E-state index in [0.717, 1.165) is 11.8 Å². The molecule has 0 aromatic heterocycles. The molecule has 1 rings (SSSR count). The molecule has 0 unspecified atom stereocenters. The van der Waals surface area contributed by atoms with E-state index in [2.05, 4.69) is 11.8 Å². The van der Waals surface area contributed by atoms with E-state index in [0.29, 0.717) is 12.8 Å². The van der Waals surface area contributed by atoms with Crippen LogP contribution in [0, 0.1) is 11.8 Å². The molecule has 0 spiro atoms. The first-order chi connectivity index (χ1) is 5.93. The highest BCUT2D eigenvalue weighted by Gasteiger charge is 1.80. The van der Waals surface area contributed by atoms with Gasteiger partial charge in [0, 0.05) is 18.4 Å². The average molecular weight is 158 g/mol. The lowest BCUT2D eigenvalue weighted by atomic mass is 10.2. The summed E-state index contributed by atoms with van der Waals surface area (Å²) in [5, 5.41) is 0. The van der Waals surface area contributed by atoms with Crippen LogP contribution in [0.2, 0.25) is 0 Å². The average Bonchev–Trinajstić information content (AvgIpc) is 2.14. The van der Waals surface area contributed by atoms with Gasteiger partial charge in [-0.25, -0.2) is 0 Å². The van der Waals surface area contributed by atoms with Crippen molar-refractivity contribution in [2.24, 2.45) is 0 Å². The van der Waals surface area contributed by atoms with Gasteiger partial charge in [-0.15, -0.1) is 0 Å². The molecule has 0 fully saturated rings. The number of rotatable bonds is 2. The van der Waals surface area contributed by atoms with Gasteiger partial charge in [0.1, 0.15) is 6.29 Å². The highest BCUT2D eigenvalue weighted by Crippen LogP contribution is 1.95. The van der Waals surface area contributed by atoms with Crippen LogP contribution in [0.1, 0.15) is 18.4 Å². The standard InChI is InChI=1S/C11H10O/c12-10-6-2-5-9-11-7-3-1-4-8-11/h1,3-4,7-8,10H,2,6H2. The molecular formula is C11H10O. The van der Waals surface area contributed by atoms with Crippen LogP contribution in [0.25, 0.3) is 0 Å². The van der Waals surface area contributed by atoms with Crippen LogP contribution < -0.4 is 0 Å². The molecule has 1 aromatic rings. The van der Waals surface area contributed by atoms with Crippen molar-refractivity contribution < 1.29 is 4.79 Å². The topological polar surface area (TPSA) is 17.1 Å². The van der Waals surface area contributed by atoms with E-state index in [9.17, 15) is 4.79 Å². The summed E-state index contributed by atoms with van der Waals surface area (Å²) in [7, 11) is 0. The number of hydrogen-bond donors (Lipinski definition) is 0. The van der Waals surface area contributed by atoms with Crippen molar-refractivity contribution in [1.82, 2.24) is 0 Å². The van der Waals surface area contributed by atoms with E-state index >= 15 is 0 Å². The first kappa shape index (κ1) is 8.55. The van der Waals surface area contributed by atoms with Crippen LogP contribution in [-0.2, 0) is 4.79 Å².